The number of piperidine rings is 2. The second kappa shape index (κ2) is 10.9. The summed E-state index contributed by atoms with van der Waals surface area (Å²) < 4.78 is 36.6. The van der Waals surface area contributed by atoms with Gasteiger partial charge in [-0.05, 0) is 50.6 Å². The van der Waals surface area contributed by atoms with Crippen LogP contribution in [0.2, 0.25) is 0 Å². The number of ether oxygens (including phenoxy) is 1. The Morgan fingerprint density at radius 3 is 2.73 bits per heavy atom. The monoisotopic (exact) mass is 579 g/mol. The fourth-order valence-corrected chi connectivity index (χ4v) is 6.96. The first kappa shape index (κ1) is 27.4. The molecule has 214 valence electrons. The molecule has 2 atom stereocenters. The summed E-state index contributed by atoms with van der Waals surface area (Å²) in [5.41, 5.74) is 8.77. The van der Waals surface area contributed by atoms with Gasteiger partial charge in [-0.1, -0.05) is 22.6 Å². The van der Waals surface area contributed by atoms with Gasteiger partial charge in [-0.2, -0.15) is 0 Å². The molecule has 2 aromatic carbocycles. The van der Waals surface area contributed by atoms with Crippen LogP contribution in [0.25, 0.3) is 0 Å². The van der Waals surface area contributed by atoms with Gasteiger partial charge in [0.2, 0.25) is 16.7 Å². The van der Waals surface area contributed by atoms with Crippen molar-refractivity contribution in [1.29, 1.82) is 0 Å². The van der Waals surface area contributed by atoms with Gasteiger partial charge < -0.3 is 19.9 Å². The molecule has 3 N–H and O–H groups in total. The number of rotatable bonds is 6. The Kier molecular flexibility index (Phi) is 7.30. The summed E-state index contributed by atoms with van der Waals surface area (Å²) in [6.07, 6.45) is 5.06. The summed E-state index contributed by atoms with van der Waals surface area (Å²) in [6, 6.07) is 8.99. The van der Waals surface area contributed by atoms with Crippen molar-refractivity contribution in [2.45, 2.75) is 48.6 Å². The van der Waals surface area contributed by atoms with Gasteiger partial charge in [-0.15, -0.1) is 0 Å². The lowest BCUT2D eigenvalue weighted by Gasteiger charge is -2.38. The first-order valence-corrected chi connectivity index (χ1v) is 14.7. The molecule has 2 unspecified atom stereocenters. The van der Waals surface area contributed by atoms with Crippen LogP contribution in [0.1, 0.15) is 47.2 Å². The van der Waals surface area contributed by atoms with Crippen molar-refractivity contribution < 1.29 is 28.1 Å². The Balaban J connectivity index is 1.11. The lowest BCUT2D eigenvalue weighted by atomic mass is 9.74. The van der Waals surface area contributed by atoms with Crippen LogP contribution in [0.3, 0.4) is 0 Å². The van der Waals surface area contributed by atoms with Crippen LogP contribution < -0.4 is 15.8 Å². The Morgan fingerprint density at radius 2 is 2.00 bits per heavy atom. The molecule has 4 aliphatic rings. The molecule has 2 aromatic rings. The maximum absolute atomic E-state index is 13.9. The van der Waals surface area contributed by atoms with Crippen molar-refractivity contribution in [3.63, 3.8) is 0 Å². The summed E-state index contributed by atoms with van der Waals surface area (Å²) in [4.78, 5) is 41.0. The zero-order valence-corrected chi connectivity index (χ0v) is 23.1. The number of benzene rings is 2. The molecule has 41 heavy (non-hydrogen) atoms. The molecule has 0 saturated carbocycles. The molecule has 0 aliphatic carbocycles. The minimum atomic E-state index is -1.87. The quantitative estimate of drug-likeness (QED) is 0.303. The number of nitrogens with zero attached hydrogens (tertiary/aromatic N) is 3. The molecule has 3 amide bonds. The molecule has 4 aliphatic heterocycles. The largest absolute Gasteiger partial charge is 0.586 e. The van der Waals surface area contributed by atoms with Crippen molar-refractivity contribution in [1.82, 2.24) is 15.1 Å². The number of hydrogen-bond donors (Lipinski definition) is 2. The predicted molar refractivity (Wildman–Crippen MR) is 149 cm³/mol. The maximum atomic E-state index is 13.9. The van der Waals surface area contributed by atoms with Gasteiger partial charge >= 0.3 is 0 Å². The number of halogens is 1. The molecular formula is C29H30FN5O5S. The third-order valence-corrected chi connectivity index (χ3v) is 9.51. The Labute approximate surface area is 239 Å². The number of carbonyl (C=O) groups excluding carboxylic acids is 3. The summed E-state index contributed by atoms with van der Waals surface area (Å²) in [5.74, 6) is -0.787. The molecule has 12 heteroatoms. The lowest BCUT2D eigenvalue weighted by Crippen LogP contribution is -2.52. The van der Waals surface area contributed by atoms with Crippen molar-refractivity contribution >= 4 is 35.3 Å². The van der Waals surface area contributed by atoms with Crippen LogP contribution in [0.4, 0.5) is 4.39 Å². The first-order chi connectivity index (χ1) is 19.8. The average molecular weight is 580 g/mol. The van der Waals surface area contributed by atoms with E-state index in [1.54, 1.807) is 11.0 Å². The zero-order valence-electron chi connectivity index (χ0n) is 22.3. The maximum Gasteiger partial charge on any atom is 0.255 e. The Morgan fingerprint density at radius 1 is 1.22 bits per heavy atom. The number of nitrogens with two attached hydrogens (primary N) is 1. The fraction of sp³-hybridized carbons (Fsp3) is 0.379. The van der Waals surface area contributed by atoms with E-state index in [4.69, 9.17) is 10.5 Å². The highest BCUT2D eigenvalue weighted by Crippen LogP contribution is 2.49. The van der Waals surface area contributed by atoms with Gasteiger partial charge in [0.05, 0.1) is 19.4 Å². The average Bonchev–Trinajstić information content (AvgIpc) is 3.50. The third-order valence-electron chi connectivity index (χ3n) is 8.50. The van der Waals surface area contributed by atoms with E-state index in [1.165, 1.54) is 30.6 Å². The van der Waals surface area contributed by atoms with E-state index in [9.17, 15) is 23.3 Å². The normalized spacial score (nSPS) is 23.1. The van der Waals surface area contributed by atoms with E-state index < -0.39 is 29.1 Å². The van der Waals surface area contributed by atoms with Crippen molar-refractivity contribution in [3.8, 4) is 5.75 Å². The van der Waals surface area contributed by atoms with Crippen LogP contribution in [-0.4, -0.2) is 70.6 Å². The van der Waals surface area contributed by atoms with Crippen LogP contribution in [0.15, 0.2) is 57.5 Å². The molecule has 4 heterocycles. The van der Waals surface area contributed by atoms with E-state index in [2.05, 4.69) is 14.6 Å². The lowest BCUT2D eigenvalue weighted by molar-refractivity contribution is -0.136. The van der Waals surface area contributed by atoms with Gasteiger partial charge in [0.1, 0.15) is 23.2 Å². The summed E-state index contributed by atoms with van der Waals surface area (Å²) >= 11 is -1.87. The molecular weight excluding hydrogens is 549 g/mol. The second-order valence-electron chi connectivity index (χ2n) is 10.9. The number of fused-ring (bicyclic) bond motifs is 4. The molecule has 0 aromatic heterocycles. The van der Waals surface area contributed by atoms with E-state index >= 15 is 0 Å². The summed E-state index contributed by atoms with van der Waals surface area (Å²) in [6.45, 7) is 2.84. The van der Waals surface area contributed by atoms with Gasteiger partial charge in [-0.25, -0.2) is 4.39 Å². The smallest absolute Gasteiger partial charge is 0.255 e. The number of imide groups is 1. The number of likely N-dealkylation sites (tertiary alicyclic amines) is 1. The van der Waals surface area contributed by atoms with E-state index in [0.29, 0.717) is 30.7 Å². The summed E-state index contributed by atoms with van der Waals surface area (Å²) in [7, 11) is 0. The van der Waals surface area contributed by atoms with Crippen LogP contribution in [0, 0.1) is 5.82 Å². The molecule has 6 rings (SSSR count). The highest BCUT2D eigenvalue weighted by Gasteiger charge is 2.47. The SMILES string of the molecule is NC=C(C=N[S+]([O-])c1ccccc1F)CN1CCC2(CC1)COc1c2ccc2c1CN(C1CCC(=O)NC1=O)C2=O. The van der Waals surface area contributed by atoms with E-state index in [0.717, 1.165) is 42.8 Å². The fourth-order valence-electron chi connectivity index (χ4n) is 6.19. The molecule has 2 saturated heterocycles. The minimum absolute atomic E-state index is 0.0216. The molecule has 1 spiro atoms. The number of carbonyl (C=O) groups is 3. The standard InChI is InChI=1S/C29H30FN5O5S/c30-22-3-1-2-4-24(22)41(39)32-14-18(13-31)15-34-11-9-29(10-12-34)17-40-26-20-16-35(23-7-8-25(36)33-27(23)37)28(38)19(20)5-6-21(26)29/h1-6,13-14,23H,7-12,15-17,31H2,(H,33,36,37). The van der Waals surface area contributed by atoms with Gasteiger partial charge in [0.25, 0.3) is 5.91 Å². The highest BCUT2D eigenvalue weighted by molar-refractivity contribution is 7.90. The van der Waals surface area contributed by atoms with Gasteiger partial charge in [0.15, 0.2) is 5.82 Å². The molecule has 2 fully saturated rings. The van der Waals surface area contributed by atoms with Crippen LogP contribution in [0.5, 0.6) is 5.75 Å². The van der Waals surface area contributed by atoms with Crippen LogP contribution >= 0.6 is 0 Å². The third kappa shape index (κ3) is 5.00. The minimum Gasteiger partial charge on any atom is -0.586 e. The van der Waals surface area contributed by atoms with Crippen molar-refractivity contribution in [3.05, 3.63) is 70.7 Å². The van der Waals surface area contributed by atoms with E-state index in [-0.39, 0.29) is 35.1 Å². The van der Waals surface area contributed by atoms with Crippen molar-refractivity contribution in [2.75, 3.05) is 26.2 Å². The predicted octanol–water partition coefficient (Wildman–Crippen LogP) is 1.95. The zero-order chi connectivity index (χ0) is 28.7. The van der Waals surface area contributed by atoms with Crippen molar-refractivity contribution in [2.24, 2.45) is 10.1 Å². The highest BCUT2D eigenvalue weighted by atomic mass is 32.2. The number of amides is 3. The molecule has 10 nitrogen and oxygen atoms in total. The first-order valence-electron chi connectivity index (χ1n) is 13.6. The number of hydrogen-bond acceptors (Lipinski definition) is 8. The number of nitrogens with one attached hydrogen (secondary N) is 1. The van der Waals surface area contributed by atoms with Gasteiger partial charge in [0, 0.05) is 46.8 Å². The molecule has 0 radical (unpaired) electrons. The summed E-state index contributed by atoms with van der Waals surface area (Å²) in [5, 5.41) is 2.34. The Hall–Kier alpha value is -3.74. The van der Waals surface area contributed by atoms with Gasteiger partial charge in [-0.3, -0.25) is 24.6 Å². The second-order valence-corrected chi connectivity index (χ2v) is 12.0. The Bertz CT molecular complexity index is 1470. The topological polar surface area (TPSA) is 140 Å². The van der Waals surface area contributed by atoms with Crippen LogP contribution in [-0.2, 0) is 32.9 Å². The molecule has 0 bridgehead atoms. The van der Waals surface area contributed by atoms with E-state index in [1.807, 2.05) is 12.1 Å².